The van der Waals surface area contributed by atoms with Crippen molar-refractivity contribution in [3.8, 4) is 5.75 Å². The van der Waals surface area contributed by atoms with Crippen molar-refractivity contribution in [3.63, 3.8) is 0 Å². The van der Waals surface area contributed by atoms with Gasteiger partial charge in [0.1, 0.15) is 11.3 Å². The summed E-state index contributed by atoms with van der Waals surface area (Å²) in [5.41, 5.74) is 0.737. The molecule has 0 radical (unpaired) electrons. The predicted octanol–water partition coefficient (Wildman–Crippen LogP) is 3.53. The Balaban J connectivity index is 1.80. The minimum absolute atomic E-state index is 0.0526. The molecule has 0 saturated heterocycles. The van der Waals surface area contributed by atoms with Crippen LogP contribution >= 0.6 is 11.6 Å². The zero-order chi connectivity index (χ0) is 20.5. The van der Waals surface area contributed by atoms with Gasteiger partial charge >= 0.3 is 5.97 Å². The van der Waals surface area contributed by atoms with Crippen molar-refractivity contribution >= 4 is 40.8 Å². The van der Waals surface area contributed by atoms with Gasteiger partial charge in [-0.3, -0.25) is 9.59 Å². The Kier molecular flexibility index (Phi) is 4.90. The zero-order valence-electron chi connectivity index (χ0n) is 15.3. The molecule has 4 rings (SSSR count). The number of esters is 1. The molecule has 2 aromatic rings. The van der Waals surface area contributed by atoms with Crippen molar-refractivity contribution in [1.82, 2.24) is 0 Å². The first-order chi connectivity index (χ1) is 14.0. The van der Waals surface area contributed by atoms with Gasteiger partial charge < -0.3 is 9.47 Å². The maximum absolute atomic E-state index is 13.1. The third-order valence-corrected chi connectivity index (χ3v) is 4.64. The molecule has 0 spiro atoms. The Morgan fingerprint density at radius 3 is 2.69 bits per heavy atom. The van der Waals surface area contributed by atoms with E-state index in [2.05, 4.69) is 4.99 Å². The second-order valence-corrected chi connectivity index (χ2v) is 6.70. The molecule has 8 heteroatoms. The van der Waals surface area contributed by atoms with Crippen molar-refractivity contribution in [2.75, 3.05) is 11.5 Å². The molecule has 2 heterocycles. The Morgan fingerprint density at radius 1 is 1.21 bits per heavy atom. The molecule has 2 aliphatic heterocycles. The van der Waals surface area contributed by atoms with E-state index < -0.39 is 17.8 Å². The lowest BCUT2D eigenvalue weighted by atomic mass is 10.0. The number of ether oxygens (including phenoxy) is 2. The van der Waals surface area contributed by atoms with Gasteiger partial charge in [0.2, 0.25) is 5.88 Å². The maximum atomic E-state index is 13.1. The van der Waals surface area contributed by atoms with Crippen molar-refractivity contribution in [2.24, 2.45) is 4.99 Å². The largest absolute Gasteiger partial charge is 0.462 e. The third kappa shape index (κ3) is 3.40. The maximum Gasteiger partial charge on any atom is 0.339 e. The van der Waals surface area contributed by atoms with Crippen LogP contribution < -0.4 is 9.64 Å². The smallest absolute Gasteiger partial charge is 0.339 e. The van der Waals surface area contributed by atoms with Gasteiger partial charge in [-0.1, -0.05) is 29.8 Å². The lowest BCUT2D eigenvalue weighted by Gasteiger charge is -2.24. The second kappa shape index (κ2) is 7.52. The van der Waals surface area contributed by atoms with Crippen LogP contribution in [0.5, 0.6) is 5.75 Å². The minimum atomic E-state index is -0.640. The van der Waals surface area contributed by atoms with E-state index >= 15 is 0 Å². The molecule has 2 aromatic carbocycles. The molecule has 0 bridgehead atoms. The van der Waals surface area contributed by atoms with E-state index in [9.17, 15) is 14.4 Å². The number of rotatable bonds is 3. The van der Waals surface area contributed by atoms with Crippen molar-refractivity contribution < 1.29 is 23.9 Å². The average molecular weight is 411 g/mol. The lowest BCUT2D eigenvalue weighted by molar-refractivity contribution is -0.138. The zero-order valence-corrected chi connectivity index (χ0v) is 16.1. The number of amides is 2. The molecule has 0 atom stereocenters. The van der Waals surface area contributed by atoms with Crippen LogP contribution in [-0.4, -0.2) is 30.1 Å². The predicted molar refractivity (Wildman–Crippen MR) is 106 cm³/mol. The van der Waals surface area contributed by atoms with E-state index in [1.165, 1.54) is 4.90 Å². The first-order valence-electron chi connectivity index (χ1n) is 8.88. The highest BCUT2D eigenvalue weighted by molar-refractivity contribution is 6.48. The molecule has 2 aliphatic rings. The van der Waals surface area contributed by atoms with Crippen molar-refractivity contribution in [3.05, 3.63) is 70.6 Å². The standard InChI is InChI=1S/C21H15ClN2O5/c1-2-28-21(27)14-11-15(23-18(25)12-6-4-3-5-7-12)19(26)24-16-10-13(22)8-9-17(16)29-20(14)24/h3-10H,2,11H2,1H3. The summed E-state index contributed by atoms with van der Waals surface area (Å²) in [5.74, 6) is -1.35. The molecule has 2 amide bonds. The number of hydrogen-bond donors (Lipinski definition) is 0. The summed E-state index contributed by atoms with van der Waals surface area (Å²) in [4.78, 5) is 43.3. The molecule has 7 nitrogen and oxygen atoms in total. The summed E-state index contributed by atoms with van der Waals surface area (Å²) in [7, 11) is 0. The van der Waals surface area contributed by atoms with E-state index in [0.29, 0.717) is 22.0 Å². The minimum Gasteiger partial charge on any atom is -0.462 e. The number of benzene rings is 2. The molecule has 0 saturated carbocycles. The molecule has 146 valence electrons. The average Bonchev–Trinajstić information content (AvgIpc) is 3.09. The van der Waals surface area contributed by atoms with Gasteiger partial charge in [0.25, 0.3) is 11.8 Å². The molecule has 0 N–H and O–H groups in total. The normalized spacial score (nSPS) is 16.4. The van der Waals surface area contributed by atoms with Gasteiger partial charge in [-0.25, -0.2) is 14.7 Å². The molecular formula is C21H15ClN2O5. The van der Waals surface area contributed by atoms with Crippen LogP contribution in [0.1, 0.15) is 23.7 Å². The quantitative estimate of drug-likeness (QED) is 0.722. The number of nitrogens with zero attached hydrogens (tertiary/aromatic N) is 2. The van der Waals surface area contributed by atoms with Gasteiger partial charge in [-0.15, -0.1) is 0 Å². The Morgan fingerprint density at radius 2 is 1.97 bits per heavy atom. The molecule has 29 heavy (non-hydrogen) atoms. The van der Waals surface area contributed by atoms with Crippen molar-refractivity contribution in [2.45, 2.75) is 13.3 Å². The first kappa shape index (κ1) is 18.9. The number of anilines is 1. The van der Waals surface area contributed by atoms with Gasteiger partial charge in [0.05, 0.1) is 12.3 Å². The lowest BCUT2D eigenvalue weighted by Crippen LogP contribution is -2.41. The van der Waals surface area contributed by atoms with E-state index in [1.807, 2.05) is 0 Å². The number of halogens is 1. The van der Waals surface area contributed by atoms with Gasteiger partial charge in [-0.2, -0.15) is 0 Å². The van der Waals surface area contributed by atoms with Crippen LogP contribution in [0.4, 0.5) is 5.69 Å². The fourth-order valence-electron chi connectivity index (χ4n) is 3.09. The van der Waals surface area contributed by atoms with Crippen LogP contribution in [0.15, 0.2) is 65.0 Å². The van der Waals surface area contributed by atoms with Gasteiger partial charge in [-0.05, 0) is 37.3 Å². The SMILES string of the molecule is CCOC(=O)C1=C2Oc3ccc(Cl)cc3N2C(=O)C(=NC(=O)c2ccccc2)C1. The van der Waals surface area contributed by atoms with Gasteiger partial charge in [0, 0.05) is 17.0 Å². The van der Waals surface area contributed by atoms with Crippen LogP contribution in [-0.2, 0) is 14.3 Å². The van der Waals surface area contributed by atoms with Crippen molar-refractivity contribution in [1.29, 1.82) is 0 Å². The summed E-state index contributed by atoms with van der Waals surface area (Å²) in [5, 5.41) is 0.392. The Labute approximate surface area is 171 Å². The van der Waals surface area contributed by atoms with Crippen LogP contribution in [0.2, 0.25) is 5.02 Å². The van der Waals surface area contributed by atoms with Gasteiger partial charge in [0.15, 0.2) is 5.75 Å². The van der Waals surface area contributed by atoms with Crippen LogP contribution in [0.3, 0.4) is 0 Å². The third-order valence-electron chi connectivity index (χ3n) is 4.40. The highest BCUT2D eigenvalue weighted by Gasteiger charge is 2.43. The fraction of sp³-hybridized carbons (Fsp3) is 0.143. The number of aliphatic imine (C=N–C) groups is 1. The van der Waals surface area contributed by atoms with E-state index in [1.54, 1.807) is 55.5 Å². The highest BCUT2D eigenvalue weighted by atomic mass is 35.5. The topological polar surface area (TPSA) is 85.3 Å². The number of hydrogen-bond acceptors (Lipinski definition) is 5. The van der Waals surface area contributed by atoms with Crippen LogP contribution in [0, 0.1) is 0 Å². The highest BCUT2D eigenvalue weighted by Crippen LogP contribution is 2.44. The number of fused-ring (bicyclic) bond motifs is 3. The Hall–Kier alpha value is -3.45. The first-order valence-corrected chi connectivity index (χ1v) is 9.26. The van der Waals surface area contributed by atoms with E-state index in [0.717, 1.165) is 0 Å². The van der Waals surface area contributed by atoms with Crippen LogP contribution in [0.25, 0.3) is 0 Å². The van der Waals surface area contributed by atoms with E-state index in [4.69, 9.17) is 21.1 Å². The summed E-state index contributed by atoms with van der Waals surface area (Å²) < 4.78 is 10.8. The molecular weight excluding hydrogens is 396 g/mol. The molecule has 0 aliphatic carbocycles. The Bertz CT molecular complexity index is 1090. The summed E-state index contributed by atoms with van der Waals surface area (Å²) in [6.45, 7) is 1.82. The summed E-state index contributed by atoms with van der Waals surface area (Å²) >= 11 is 6.07. The summed E-state index contributed by atoms with van der Waals surface area (Å²) in [6, 6.07) is 13.1. The van der Waals surface area contributed by atoms with E-state index in [-0.39, 0.29) is 30.2 Å². The second-order valence-electron chi connectivity index (χ2n) is 6.27. The molecule has 0 fully saturated rings. The fourth-order valence-corrected chi connectivity index (χ4v) is 3.26. The molecule has 0 unspecified atom stereocenters. The number of carbonyl (C=O) groups excluding carboxylic acids is 3. The monoisotopic (exact) mass is 410 g/mol. The number of carbonyl (C=O) groups is 3. The summed E-state index contributed by atoms with van der Waals surface area (Å²) in [6.07, 6.45) is -0.177. The molecule has 0 aromatic heterocycles.